The minimum absolute atomic E-state index is 0.185. The Balaban J connectivity index is 2.56. The highest BCUT2D eigenvalue weighted by atomic mass is 79.9. The van der Waals surface area contributed by atoms with Crippen molar-refractivity contribution in [2.45, 2.75) is 18.9 Å². The quantitative estimate of drug-likeness (QED) is 0.875. The summed E-state index contributed by atoms with van der Waals surface area (Å²) in [6.45, 7) is 0.137. The van der Waals surface area contributed by atoms with E-state index in [2.05, 4.69) is 21.2 Å². The van der Waals surface area contributed by atoms with Crippen LogP contribution in [0.15, 0.2) is 28.7 Å². The minimum atomic E-state index is -3.07. The lowest BCUT2D eigenvalue weighted by Crippen LogP contribution is -2.37. The summed E-state index contributed by atoms with van der Waals surface area (Å²) in [6.07, 6.45) is 0. The fourth-order valence-corrected chi connectivity index (χ4v) is 1.67. The molecule has 0 bridgehead atoms. The highest BCUT2D eigenvalue weighted by molar-refractivity contribution is 9.10. The maximum Gasteiger partial charge on any atom is 0.282 e. The average molecular weight is 294 g/mol. The molecule has 0 spiro atoms. The second-order valence-electron chi connectivity index (χ2n) is 3.67. The smallest absolute Gasteiger partial charge is 0.282 e. The van der Waals surface area contributed by atoms with E-state index in [0.29, 0.717) is 0 Å². The fourth-order valence-electron chi connectivity index (χ4n) is 1.25. The van der Waals surface area contributed by atoms with Crippen LogP contribution in [0.2, 0.25) is 0 Å². The van der Waals surface area contributed by atoms with Gasteiger partial charge in [0, 0.05) is 10.5 Å². The van der Waals surface area contributed by atoms with Crippen molar-refractivity contribution in [1.29, 1.82) is 0 Å². The van der Waals surface area contributed by atoms with Crippen LogP contribution >= 0.6 is 15.9 Å². The van der Waals surface area contributed by atoms with E-state index in [0.717, 1.165) is 10.0 Å². The van der Waals surface area contributed by atoms with Gasteiger partial charge in [0.05, 0.1) is 6.54 Å². The highest BCUT2D eigenvalue weighted by Gasteiger charge is 2.27. The topological polar surface area (TPSA) is 32.3 Å². The van der Waals surface area contributed by atoms with Crippen molar-refractivity contribution in [3.8, 4) is 0 Å². The molecule has 1 aromatic carbocycles. The normalized spacial score (nSPS) is 13.8. The average Bonchev–Trinajstić information content (AvgIpc) is 2.26. The predicted molar refractivity (Wildman–Crippen MR) is 62.6 cm³/mol. The lowest BCUT2D eigenvalue weighted by atomic mass is 10.1. The van der Waals surface area contributed by atoms with E-state index in [1.807, 2.05) is 24.3 Å². The Labute approximate surface area is 102 Å². The zero-order chi connectivity index (χ0) is 12.2. The summed E-state index contributed by atoms with van der Waals surface area (Å²) in [5.41, 5.74) is 0.920. The Morgan fingerprint density at radius 3 is 2.75 bits per heavy atom. The molecule has 1 aromatic rings. The van der Waals surface area contributed by atoms with Gasteiger partial charge < -0.3 is 10.4 Å². The molecule has 1 unspecified atom stereocenters. The maximum atomic E-state index is 12.8. The standard InChI is InChI=1S/C11H14BrF2NO/c1-8(15-6-11(13,14)7-16)9-3-2-4-10(12)5-9/h2-5,8,15-16H,6-7H2,1H3. The third-order valence-electron chi connectivity index (χ3n) is 2.25. The summed E-state index contributed by atoms with van der Waals surface area (Å²) < 4.78 is 26.5. The number of alkyl halides is 2. The summed E-state index contributed by atoms with van der Waals surface area (Å²) in [5, 5.41) is 11.1. The summed E-state index contributed by atoms with van der Waals surface area (Å²) in [7, 11) is 0. The van der Waals surface area contributed by atoms with E-state index in [9.17, 15) is 8.78 Å². The van der Waals surface area contributed by atoms with Crippen LogP contribution in [0.3, 0.4) is 0 Å². The molecular formula is C11H14BrF2NO. The predicted octanol–water partition coefficient (Wildman–Crippen LogP) is 2.73. The molecule has 1 atom stereocenters. The maximum absolute atomic E-state index is 12.8. The van der Waals surface area contributed by atoms with Crippen LogP contribution in [0.4, 0.5) is 8.78 Å². The van der Waals surface area contributed by atoms with Gasteiger partial charge in [-0.2, -0.15) is 0 Å². The SMILES string of the molecule is CC(NCC(F)(F)CO)c1cccc(Br)c1. The molecule has 16 heavy (non-hydrogen) atoms. The Hall–Kier alpha value is -0.520. The molecule has 0 aliphatic rings. The molecular weight excluding hydrogens is 280 g/mol. The molecule has 2 N–H and O–H groups in total. The number of hydrogen-bond acceptors (Lipinski definition) is 2. The summed E-state index contributed by atoms with van der Waals surface area (Å²) >= 11 is 3.32. The van der Waals surface area contributed by atoms with Crippen LogP contribution in [-0.4, -0.2) is 24.2 Å². The summed E-state index contributed by atoms with van der Waals surface area (Å²) in [6, 6.07) is 7.27. The van der Waals surface area contributed by atoms with Gasteiger partial charge >= 0.3 is 0 Å². The second-order valence-corrected chi connectivity index (χ2v) is 4.59. The van der Waals surface area contributed by atoms with Crippen LogP contribution in [-0.2, 0) is 0 Å². The first-order valence-corrected chi connectivity index (χ1v) is 5.71. The van der Waals surface area contributed by atoms with Crippen LogP contribution in [0.5, 0.6) is 0 Å². The van der Waals surface area contributed by atoms with E-state index < -0.39 is 19.1 Å². The Kier molecular flexibility index (Phi) is 4.83. The van der Waals surface area contributed by atoms with Gasteiger partial charge in [0.1, 0.15) is 6.61 Å². The molecule has 0 amide bonds. The van der Waals surface area contributed by atoms with Gasteiger partial charge in [-0.15, -0.1) is 0 Å². The van der Waals surface area contributed by atoms with Crippen LogP contribution < -0.4 is 5.32 Å². The van der Waals surface area contributed by atoms with E-state index in [1.165, 1.54) is 0 Å². The van der Waals surface area contributed by atoms with E-state index >= 15 is 0 Å². The third-order valence-corrected chi connectivity index (χ3v) is 2.74. The third kappa shape index (κ3) is 4.15. The number of nitrogens with one attached hydrogen (secondary N) is 1. The van der Waals surface area contributed by atoms with Gasteiger partial charge in [-0.05, 0) is 24.6 Å². The van der Waals surface area contributed by atoms with Crippen molar-refractivity contribution in [3.63, 3.8) is 0 Å². The Bertz CT molecular complexity index is 347. The zero-order valence-corrected chi connectivity index (χ0v) is 10.5. The Morgan fingerprint density at radius 1 is 1.50 bits per heavy atom. The molecule has 5 heteroatoms. The molecule has 0 saturated carbocycles. The lowest BCUT2D eigenvalue weighted by Gasteiger charge is -2.19. The number of aliphatic hydroxyl groups excluding tert-OH is 1. The minimum Gasteiger partial charge on any atom is -0.390 e. The number of aliphatic hydroxyl groups is 1. The summed E-state index contributed by atoms with van der Waals surface area (Å²) in [4.78, 5) is 0. The first-order chi connectivity index (χ1) is 7.44. The van der Waals surface area contributed by atoms with E-state index in [1.54, 1.807) is 6.92 Å². The number of benzene rings is 1. The van der Waals surface area contributed by atoms with Crippen molar-refractivity contribution in [2.24, 2.45) is 0 Å². The van der Waals surface area contributed by atoms with Gasteiger partial charge in [0.15, 0.2) is 0 Å². The molecule has 0 radical (unpaired) electrons. The first kappa shape index (κ1) is 13.5. The number of rotatable bonds is 5. The molecule has 0 fully saturated rings. The van der Waals surface area contributed by atoms with Crippen LogP contribution in [0.1, 0.15) is 18.5 Å². The van der Waals surface area contributed by atoms with Crippen LogP contribution in [0.25, 0.3) is 0 Å². The highest BCUT2D eigenvalue weighted by Crippen LogP contribution is 2.19. The van der Waals surface area contributed by atoms with Crippen molar-refractivity contribution in [2.75, 3.05) is 13.2 Å². The van der Waals surface area contributed by atoms with Gasteiger partial charge in [-0.3, -0.25) is 0 Å². The zero-order valence-electron chi connectivity index (χ0n) is 8.88. The molecule has 0 aromatic heterocycles. The number of halogens is 3. The van der Waals surface area contributed by atoms with Gasteiger partial charge in [0.25, 0.3) is 5.92 Å². The van der Waals surface area contributed by atoms with Crippen molar-refractivity contribution >= 4 is 15.9 Å². The lowest BCUT2D eigenvalue weighted by molar-refractivity contribution is -0.0490. The molecule has 90 valence electrons. The van der Waals surface area contributed by atoms with Gasteiger partial charge in [-0.25, -0.2) is 8.78 Å². The van der Waals surface area contributed by atoms with Gasteiger partial charge in [0.2, 0.25) is 0 Å². The first-order valence-electron chi connectivity index (χ1n) is 4.92. The number of hydrogen-bond donors (Lipinski definition) is 2. The fraction of sp³-hybridized carbons (Fsp3) is 0.455. The van der Waals surface area contributed by atoms with E-state index in [4.69, 9.17) is 5.11 Å². The Morgan fingerprint density at radius 2 is 2.19 bits per heavy atom. The molecule has 1 rings (SSSR count). The molecule has 0 saturated heterocycles. The second kappa shape index (κ2) is 5.70. The van der Waals surface area contributed by atoms with Crippen molar-refractivity contribution in [3.05, 3.63) is 34.3 Å². The van der Waals surface area contributed by atoms with Crippen molar-refractivity contribution < 1.29 is 13.9 Å². The van der Waals surface area contributed by atoms with Crippen LogP contribution in [0, 0.1) is 0 Å². The van der Waals surface area contributed by atoms with E-state index in [-0.39, 0.29) is 6.04 Å². The largest absolute Gasteiger partial charge is 0.390 e. The molecule has 0 aliphatic heterocycles. The monoisotopic (exact) mass is 293 g/mol. The molecule has 2 nitrogen and oxygen atoms in total. The summed E-state index contributed by atoms with van der Waals surface area (Å²) in [5.74, 6) is -3.07. The molecule has 0 heterocycles. The van der Waals surface area contributed by atoms with Crippen molar-refractivity contribution in [1.82, 2.24) is 5.32 Å². The molecule has 0 aliphatic carbocycles. The van der Waals surface area contributed by atoms with Gasteiger partial charge in [-0.1, -0.05) is 28.1 Å².